The van der Waals surface area contributed by atoms with Crippen molar-refractivity contribution < 1.29 is 46.7 Å². The topological polar surface area (TPSA) is 66.4 Å². The summed E-state index contributed by atoms with van der Waals surface area (Å²) in [4.78, 5) is 0. The average molecular weight is 364 g/mol. The van der Waals surface area contributed by atoms with Crippen molar-refractivity contribution in [1.82, 2.24) is 0 Å². The molecule has 0 radical (unpaired) electrons. The van der Waals surface area contributed by atoms with Crippen LogP contribution in [0.3, 0.4) is 0 Å². The van der Waals surface area contributed by atoms with E-state index in [1.54, 1.807) is 6.07 Å². The molecule has 0 amide bonds. The smallest absolute Gasteiger partial charge is 0.716 e. The predicted octanol–water partition coefficient (Wildman–Crippen LogP) is 1.56. The maximum atomic E-state index is 11.0. The van der Waals surface area contributed by atoms with Crippen LogP contribution in [0, 0.1) is 0 Å². The summed E-state index contributed by atoms with van der Waals surface area (Å²) in [5.74, 6) is 0.222. The van der Waals surface area contributed by atoms with Crippen LogP contribution in [0.1, 0.15) is 76.0 Å². The van der Waals surface area contributed by atoms with Crippen LogP contribution in [0.25, 0.3) is 0 Å². The quantitative estimate of drug-likeness (QED) is 0.339. The second-order valence-electron chi connectivity index (χ2n) is 5.98. The van der Waals surface area contributed by atoms with Gasteiger partial charge in [-0.25, -0.2) is 8.42 Å². The molecule has 6 heteroatoms. The SMILES string of the molecule is CCCCc1ccc(OS(=O)(=O)[O-])c(CCCC)c1CCCC.[Na+]. The molecule has 0 saturated heterocycles. The average Bonchev–Trinajstić information content (AvgIpc) is 2.49. The van der Waals surface area contributed by atoms with Gasteiger partial charge in [-0.15, -0.1) is 0 Å². The normalized spacial score (nSPS) is 11.2. The zero-order chi connectivity index (χ0) is 17.3. The third-order valence-corrected chi connectivity index (χ3v) is 4.42. The minimum atomic E-state index is -4.74. The summed E-state index contributed by atoms with van der Waals surface area (Å²) in [6, 6.07) is 3.58. The molecular weight excluding hydrogens is 335 g/mol. The summed E-state index contributed by atoms with van der Waals surface area (Å²) in [5, 5.41) is 0. The van der Waals surface area contributed by atoms with Crippen molar-refractivity contribution in [3.8, 4) is 5.75 Å². The fourth-order valence-corrected chi connectivity index (χ4v) is 3.18. The molecule has 0 spiro atoms. The molecule has 1 rings (SSSR count). The molecule has 24 heavy (non-hydrogen) atoms. The van der Waals surface area contributed by atoms with Crippen molar-refractivity contribution >= 4 is 10.4 Å². The van der Waals surface area contributed by atoms with Gasteiger partial charge in [0.1, 0.15) is 5.75 Å². The molecule has 0 fully saturated rings. The van der Waals surface area contributed by atoms with Crippen molar-refractivity contribution in [3.63, 3.8) is 0 Å². The van der Waals surface area contributed by atoms with E-state index in [1.807, 2.05) is 6.07 Å². The van der Waals surface area contributed by atoms with E-state index < -0.39 is 10.4 Å². The summed E-state index contributed by atoms with van der Waals surface area (Å²) in [6.07, 6.45) is 8.94. The molecule has 0 N–H and O–H groups in total. The Bertz CT molecular complexity index is 585. The van der Waals surface area contributed by atoms with E-state index in [0.717, 1.165) is 63.4 Å². The van der Waals surface area contributed by atoms with E-state index in [9.17, 15) is 13.0 Å². The van der Waals surface area contributed by atoms with Crippen molar-refractivity contribution in [2.75, 3.05) is 0 Å². The van der Waals surface area contributed by atoms with Crippen molar-refractivity contribution in [3.05, 3.63) is 28.8 Å². The maximum absolute atomic E-state index is 11.0. The zero-order valence-electron chi connectivity index (χ0n) is 15.6. The van der Waals surface area contributed by atoms with Crippen LogP contribution in [0.15, 0.2) is 12.1 Å². The van der Waals surface area contributed by atoms with Crippen molar-refractivity contribution in [1.29, 1.82) is 0 Å². The Morgan fingerprint density at radius 3 is 1.88 bits per heavy atom. The van der Waals surface area contributed by atoms with Gasteiger partial charge in [-0.2, -0.15) is 0 Å². The molecule has 132 valence electrons. The van der Waals surface area contributed by atoms with Crippen LogP contribution in [-0.4, -0.2) is 13.0 Å². The summed E-state index contributed by atoms with van der Waals surface area (Å²) in [5.41, 5.74) is 3.37. The molecule has 1 aromatic carbocycles. The van der Waals surface area contributed by atoms with Gasteiger partial charge in [0.25, 0.3) is 10.4 Å². The molecule has 0 heterocycles. The van der Waals surface area contributed by atoms with Gasteiger partial charge < -0.3 is 8.74 Å². The van der Waals surface area contributed by atoms with E-state index in [0.29, 0.717) is 0 Å². The molecule has 0 aromatic heterocycles. The van der Waals surface area contributed by atoms with Crippen LogP contribution in [-0.2, 0) is 29.7 Å². The first-order valence-electron chi connectivity index (χ1n) is 8.71. The van der Waals surface area contributed by atoms with E-state index in [2.05, 4.69) is 20.8 Å². The standard InChI is InChI=1S/C18H30O4S.Na/c1-4-7-10-15-13-14-18(22-23(19,20)21)17(12-9-6-3)16(15)11-8-5-2;/h13-14H,4-12H2,1-3H3,(H,19,20,21);/q;+1/p-1. The van der Waals surface area contributed by atoms with Gasteiger partial charge >= 0.3 is 29.6 Å². The summed E-state index contributed by atoms with van der Waals surface area (Å²) >= 11 is 0. The Balaban J connectivity index is 0.00000529. The first-order chi connectivity index (χ1) is 10.9. The van der Waals surface area contributed by atoms with E-state index in [-0.39, 0.29) is 35.3 Å². The first kappa shape index (κ1) is 23.9. The number of hydrogen-bond acceptors (Lipinski definition) is 4. The summed E-state index contributed by atoms with van der Waals surface area (Å²) in [7, 11) is -4.74. The summed E-state index contributed by atoms with van der Waals surface area (Å²) < 4.78 is 37.8. The van der Waals surface area contributed by atoms with Crippen molar-refractivity contribution in [2.45, 2.75) is 78.6 Å². The Morgan fingerprint density at radius 1 is 0.875 bits per heavy atom. The van der Waals surface area contributed by atoms with Gasteiger partial charge in [-0.1, -0.05) is 46.1 Å². The van der Waals surface area contributed by atoms with Gasteiger partial charge in [0.05, 0.1) is 0 Å². The van der Waals surface area contributed by atoms with E-state index in [4.69, 9.17) is 4.18 Å². The van der Waals surface area contributed by atoms with Gasteiger partial charge in [-0.3, -0.25) is 0 Å². The molecule has 0 unspecified atom stereocenters. The molecule has 0 aliphatic rings. The third kappa shape index (κ3) is 8.34. The van der Waals surface area contributed by atoms with Crippen LogP contribution in [0.2, 0.25) is 0 Å². The second-order valence-corrected chi connectivity index (χ2v) is 6.97. The molecule has 0 saturated carbocycles. The number of rotatable bonds is 11. The van der Waals surface area contributed by atoms with Gasteiger partial charge in [0, 0.05) is 0 Å². The fraction of sp³-hybridized carbons (Fsp3) is 0.667. The Labute approximate surface area is 169 Å². The molecule has 0 bridgehead atoms. The number of unbranched alkanes of at least 4 members (excludes halogenated alkanes) is 3. The fourth-order valence-electron chi connectivity index (χ4n) is 2.80. The first-order valence-corrected chi connectivity index (χ1v) is 10.0. The molecule has 1 aromatic rings. The summed E-state index contributed by atoms with van der Waals surface area (Å²) in [6.45, 7) is 6.39. The van der Waals surface area contributed by atoms with Gasteiger partial charge in [0.2, 0.25) is 0 Å². The number of benzene rings is 1. The molecule has 0 atom stereocenters. The van der Waals surface area contributed by atoms with Gasteiger partial charge in [0.15, 0.2) is 0 Å². The van der Waals surface area contributed by atoms with Crippen LogP contribution < -0.4 is 33.7 Å². The van der Waals surface area contributed by atoms with Crippen molar-refractivity contribution in [2.24, 2.45) is 0 Å². The van der Waals surface area contributed by atoms with E-state index in [1.165, 1.54) is 11.1 Å². The Hall–Kier alpha value is -0.0700. The van der Waals surface area contributed by atoms with E-state index >= 15 is 0 Å². The second kappa shape index (κ2) is 12.3. The monoisotopic (exact) mass is 364 g/mol. The maximum Gasteiger partial charge on any atom is 1.00 e. The zero-order valence-corrected chi connectivity index (χ0v) is 18.4. The Morgan fingerprint density at radius 2 is 1.38 bits per heavy atom. The third-order valence-electron chi connectivity index (χ3n) is 4.04. The van der Waals surface area contributed by atoms with Crippen LogP contribution in [0.4, 0.5) is 0 Å². The number of hydrogen-bond donors (Lipinski definition) is 0. The minimum absolute atomic E-state index is 0. The molecule has 0 aliphatic heterocycles. The molecule has 4 nitrogen and oxygen atoms in total. The predicted molar refractivity (Wildman–Crippen MR) is 92.6 cm³/mol. The van der Waals surface area contributed by atoms with Gasteiger partial charge in [-0.05, 0) is 61.3 Å². The minimum Gasteiger partial charge on any atom is -0.716 e. The number of aryl methyl sites for hydroxylation is 1. The van der Waals surface area contributed by atoms with Crippen LogP contribution in [0.5, 0.6) is 5.75 Å². The molecule has 0 aliphatic carbocycles. The largest absolute Gasteiger partial charge is 1.00 e. The Kier molecular flexibility index (Phi) is 12.3. The van der Waals surface area contributed by atoms with Crippen LogP contribution >= 0.6 is 0 Å². The molecular formula is C18H29NaO4S.